The number of rotatable bonds is 1. The Morgan fingerprint density at radius 1 is 1.13 bits per heavy atom. The lowest BCUT2D eigenvalue weighted by atomic mass is 10.0. The molecule has 3 amide bonds. The number of nitrogens with zero attached hydrogens (tertiary/aromatic N) is 1. The van der Waals surface area contributed by atoms with Crippen molar-refractivity contribution in [3.63, 3.8) is 0 Å². The van der Waals surface area contributed by atoms with Gasteiger partial charge in [-0.05, 0) is 42.9 Å². The SMILES string of the molecule is O=C1CNC(=O)N1C1C2C3CCC(C3)C21. The number of fused-ring (bicyclic) bond motifs is 5. The highest BCUT2D eigenvalue weighted by atomic mass is 16.2. The molecule has 4 aliphatic rings. The van der Waals surface area contributed by atoms with E-state index in [-0.39, 0.29) is 24.5 Å². The van der Waals surface area contributed by atoms with Crippen LogP contribution < -0.4 is 5.32 Å². The number of urea groups is 1. The highest BCUT2D eigenvalue weighted by molar-refractivity contribution is 6.02. The Bertz CT molecular complexity index is 336. The van der Waals surface area contributed by atoms with Crippen molar-refractivity contribution in [1.29, 1.82) is 0 Å². The Labute approximate surface area is 88.0 Å². The molecule has 0 aromatic carbocycles. The minimum Gasteiger partial charge on any atom is -0.329 e. The molecule has 0 aromatic rings. The van der Waals surface area contributed by atoms with Gasteiger partial charge in [0.1, 0.15) is 0 Å². The summed E-state index contributed by atoms with van der Waals surface area (Å²) in [6.07, 6.45) is 4.01. The van der Waals surface area contributed by atoms with Crippen molar-refractivity contribution in [2.24, 2.45) is 23.7 Å². The first kappa shape index (κ1) is 8.13. The van der Waals surface area contributed by atoms with E-state index in [0.29, 0.717) is 11.8 Å². The molecule has 0 spiro atoms. The Hall–Kier alpha value is -1.06. The Kier molecular flexibility index (Phi) is 1.28. The van der Waals surface area contributed by atoms with Crippen molar-refractivity contribution in [1.82, 2.24) is 10.2 Å². The van der Waals surface area contributed by atoms with Gasteiger partial charge in [0.2, 0.25) is 5.91 Å². The van der Waals surface area contributed by atoms with Crippen LogP contribution in [0.2, 0.25) is 0 Å². The van der Waals surface area contributed by atoms with Gasteiger partial charge >= 0.3 is 6.03 Å². The van der Waals surface area contributed by atoms with Crippen LogP contribution in [0.4, 0.5) is 4.79 Å². The molecule has 0 aromatic heterocycles. The zero-order chi connectivity index (χ0) is 10.2. The number of hydrogen-bond donors (Lipinski definition) is 1. The van der Waals surface area contributed by atoms with Crippen LogP contribution in [-0.2, 0) is 4.79 Å². The molecule has 1 heterocycles. The van der Waals surface area contributed by atoms with E-state index in [1.54, 1.807) is 0 Å². The van der Waals surface area contributed by atoms with Crippen LogP contribution in [0.15, 0.2) is 0 Å². The van der Waals surface area contributed by atoms with Crippen LogP contribution in [0.25, 0.3) is 0 Å². The van der Waals surface area contributed by atoms with E-state index in [1.165, 1.54) is 24.2 Å². The lowest BCUT2D eigenvalue weighted by Crippen LogP contribution is -2.36. The predicted octanol–water partition coefficient (Wildman–Crippen LogP) is 0.583. The van der Waals surface area contributed by atoms with E-state index >= 15 is 0 Å². The second kappa shape index (κ2) is 2.36. The van der Waals surface area contributed by atoms with Crippen LogP contribution in [0.1, 0.15) is 19.3 Å². The Morgan fingerprint density at radius 3 is 2.33 bits per heavy atom. The Morgan fingerprint density at radius 2 is 1.80 bits per heavy atom. The van der Waals surface area contributed by atoms with Gasteiger partial charge in [0.15, 0.2) is 0 Å². The van der Waals surface area contributed by atoms with Gasteiger partial charge in [0.05, 0.1) is 6.54 Å². The fourth-order valence-corrected chi connectivity index (χ4v) is 4.36. The van der Waals surface area contributed by atoms with Crippen molar-refractivity contribution < 1.29 is 9.59 Å². The summed E-state index contributed by atoms with van der Waals surface area (Å²) < 4.78 is 0. The number of amides is 3. The third kappa shape index (κ3) is 0.840. The number of hydrogen-bond acceptors (Lipinski definition) is 2. The van der Waals surface area contributed by atoms with E-state index in [4.69, 9.17) is 0 Å². The average Bonchev–Trinajstić information content (AvgIpc) is 2.61. The largest absolute Gasteiger partial charge is 0.329 e. The van der Waals surface area contributed by atoms with E-state index in [0.717, 1.165) is 11.8 Å². The maximum Gasteiger partial charge on any atom is 0.324 e. The maximum absolute atomic E-state index is 11.6. The first-order chi connectivity index (χ1) is 7.27. The molecule has 0 radical (unpaired) electrons. The second-order valence-electron chi connectivity index (χ2n) is 5.40. The van der Waals surface area contributed by atoms with Gasteiger partial charge in [0.25, 0.3) is 0 Å². The summed E-state index contributed by atoms with van der Waals surface area (Å²) in [6.45, 7) is 0.212. The third-order valence-electron chi connectivity index (χ3n) is 4.87. The van der Waals surface area contributed by atoms with E-state index in [9.17, 15) is 9.59 Å². The lowest BCUT2D eigenvalue weighted by molar-refractivity contribution is -0.125. The van der Waals surface area contributed by atoms with Crippen LogP contribution >= 0.6 is 0 Å². The van der Waals surface area contributed by atoms with Crippen molar-refractivity contribution in [3.8, 4) is 0 Å². The maximum atomic E-state index is 11.6. The van der Waals surface area contributed by atoms with Gasteiger partial charge < -0.3 is 5.32 Å². The summed E-state index contributed by atoms with van der Waals surface area (Å²) in [5, 5.41) is 2.62. The number of carbonyl (C=O) groups excluding carboxylic acids is 2. The lowest BCUT2D eigenvalue weighted by Gasteiger charge is -2.16. The molecule has 1 aliphatic heterocycles. The van der Waals surface area contributed by atoms with Crippen LogP contribution in [-0.4, -0.2) is 29.4 Å². The van der Waals surface area contributed by atoms with Crippen molar-refractivity contribution in [3.05, 3.63) is 0 Å². The van der Waals surface area contributed by atoms with Gasteiger partial charge in [-0.25, -0.2) is 4.79 Å². The zero-order valence-corrected chi connectivity index (χ0v) is 8.48. The molecule has 4 nitrogen and oxygen atoms in total. The molecule has 80 valence electrons. The minimum absolute atomic E-state index is 0.0150. The van der Waals surface area contributed by atoms with Gasteiger partial charge in [-0.1, -0.05) is 0 Å². The van der Waals surface area contributed by atoms with Gasteiger partial charge in [0, 0.05) is 6.04 Å². The van der Waals surface area contributed by atoms with Gasteiger partial charge in [-0.15, -0.1) is 0 Å². The highest BCUT2D eigenvalue weighted by Crippen LogP contribution is 2.67. The number of imide groups is 1. The van der Waals surface area contributed by atoms with E-state index < -0.39 is 0 Å². The fourth-order valence-electron chi connectivity index (χ4n) is 4.36. The summed E-state index contributed by atoms with van der Waals surface area (Å²) in [7, 11) is 0. The molecule has 2 bridgehead atoms. The molecular formula is C11H14N2O2. The van der Waals surface area contributed by atoms with E-state index in [1.807, 2.05) is 0 Å². The van der Waals surface area contributed by atoms with Crippen LogP contribution in [0.5, 0.6) is 0 Å². The average molecular weight is 206 g/mol. The summed E-state index contributed by atoms with van der Waals surface area (Å²) in [4.78, 5) is 24.6. The normalized spacial score (nSPS) is 50.9. The fraction of sp³-hybridized carbons (Fsp3) is 0.818. The molecule has 4 heteroatoms. The van der Waals surface area contributed by atoms with Gasteiger partial charge in [-0.3, -0.25) is 9.69 Å². The smallest absolute Gasteiger partial charge is 0.324 e. The quantitative estimate of drug-likeness (QED) is 0.638. The van der Waals surface area contributed by atoms with E-state index in [2.05, 4.69) is 5.32 Å². The summed E-state index contributed by atoms with van der Waals surface area (Å²) >= 11 is 0. The molecular weight excluding hydrogens is 192 g/mol. The molecule has 4 atom stereocenters. The third-order valence-corrected chi connectivity index (χ3v) is 4.87. The summed E-state index contributed by atoms with van der Waals surface area (Å²) in [5.41, 5.74) is 0. The molecule has 4 unspecified atom stereocenters. The monoisotopic (exact) mass is 206 g/mol. The molecule has 3 aliphatic carbocycles. The van der Waals surface area contributed by atoms with Crippen molar-refractivity contribution >= 4 is 11.9 Å². The molecule has 15 heavy (non-hydrogen) atoms. The van der Waals surface area contributed by atoms with Gasteiger partial charge in [-0.2, -0.15) is 0 Å². The molecule has 4 rings (SSSR count). The second-order valence-corrected chi connectivity index (χ2v) is 5.40. The Balaban J connectivity index is 1.62. The topological polar surface area (TPSA) is 49.4 Å². The molecule has 1 saturated heterocycles. The minimum atomic E-state index is -0.154. The number of nitrogens with one attached hydrogen (secondary N) is 1. The molecule has 1 N–H and O–H groups in total. The number of carbonyl (C=O) groups is 2. The standard InChI is InChI=1S/C11H14N2O2/c14-7-4-12-11(15)13(7)10-8-5-1-2-6(3-5)9(8)10/h5-6,8-10H,1-4H2,(H,12,15). The zero-order valence-electron chi connectivity index (χ0n) is 8.48. The predicted molar refractivity (Wildman–Crippen MR) is 51.8 cm³/mol. The molecule has 3 saturated carbocycles. The van der Waals surface area contributed by atoms with Crippen LogP contribution in [0, 0.1) is 23.7 Å². The first-order valence-electron chi connectivity index (χ1n) is 5.87. The molecule has 4 fully saturated rings. The van der Waals surface area contributed by atoms with Crippen molar-refractivity contribution in [2.45, 2.75) is 25.3 Å². The summed E-state index contributed by atoms with van der Waals surface area (Å²) in [6, 6.07) is 0.116. The van der Waals surface area contributed by atoms with Crippen LogP contribution in [0.3, 0.4) is 0 Å². The summed E-state index contributed by atoms with van der Waals surface area (Å²) in [5.74, 6) is 2.93. The first-order valence-corrected chi connectivity index (χ1v) is 5.87. The highest BCUT2D eigenvalue weighted by Gasteiger charge is 2.68. The van der Waals surface area contributed by atoms with Crippen molar-refractivity contribution in [2.75, 3.05) is 6.54 Å².